The van der Waals surface area contributed by atoms with E-state index in [1.165, 1.54) is 0 Å². The number of ketones is 1. The Bertz CT molecular complexity index is 1010. The van der Waals surface area contributed by atoms with Crippen LogP contribution in [0.1, 0.15) is 58.7 Å². The number of hydrogen-bond acceptors (Lipinski definition) is 3. The van der Waals surface area contributed by atoms with Gasteiger partial charge in [0, 0.05) is 33.5 Å². The smallest absolute Gasteiger partial charge is 0.195 e. The first-order chi connectivity index (χ1) is 11.9. The Morgan fingerprint density at radius 1 is 1.32 bits per heavy atom. The molecule has 0 unspecified atom stereocenters. The third-order valence-corrected chi connectivity index (χ3v) is 5.60. The number of methoxy groups -OCH3 is 1. The summed E-state index contributed by atoms with van der Waals surface area (Å²) in [6.45, 7) is 4.17. The number of allylic oxidation sites excluding steroid dienone is 1. The molecule has 2 aliphatic carbocycles. The van der Waals surface area contributed by atoms with E-state index in [4.69, 9.17) is 16.3 Å². The molecule has 0 saturated carbocycles. The predicted octanol–water partition coefficient (Wildman–Crippen LogP) is 4.40. The third-order valence-electron chi connectivity index (χ3n) is 5.31. The van der Waals surface area contributed by atoms with Crippen LogP contribution in [0.4, 0.5) is 0 Å². The Kier molecular flexibility index (Phi) is 3.35. The van der Waals surface area contributed by atoms with Gasteiger partial charge in [0.2, 0.25) is 0 Å². The molecule has 1 aromatic carbocycles. The van der Waals surface area contributed by atoms with Crippen molar-refractivity contribution in [2.75, 3.05) is 7.11 Å². The summed E-state index contributed by atoms with van der Waals surface area (Å²) in [6, 6.07) is 5.78. The van der Waals surface area contributed by atoms with Gasteiger partial charge in [-0.2, -0.15) is 5.26 Å². The molecule has 0 radical (unpaired) electrons. The average Bonchev–Trinajstić information content (AvgIpc) is 2.99. The summed E-state index contributed by atoms with van der Waals surface area (Å²) in [5.41, 5.74) is 5.38. The number of aromatic amines is 1. The number of aromatic nitrogens is 1. The van der Waals surface area contributed by atoms with Gasteiger partial charge in [0.1, 0.15) is 5.75 Å². The summed E-state index contributed by atoms with van der Waals surface area (Å²) in [7, 11) is 1.57. The maximum absolute atomic E-state index is 13.2. The Balaban J connectivity index is 2.00. The number of hydrogen-bond donors (Lipinski definition) is 1. The molecular formula is C20H17ClN2O2. The van der Waals surface area contributed by atoms with E-state index < -0.39 is 5.41 Å². The van der Waals surface area contributed by atoms with Crippen molar-refractivity contribution in [2.24, 2.45) is 0 Å². The second-order valence-electron chi connectivity index (χ2n) is 7.04. The normalized spacial score (nSPS) is 17.1. The van der Waals surface area contributed by atoms with Crippen LogP contribution in [0.2, 0.25) is 5.02 Å². The highest BCUT2D eigenvalue weighted by Crippen LogP contribution is 2.46. The summed E-state index contributed by atoms with van der Waals surface area (Å²) >= 11 is 6.27. The molecule has 0 spiro atoms. The van der Waals surface area contributed by atoms with Crippen molar-refractivity contribution in [3.8, 4) is 11.8 Å². The Morgan fingerprint density at radius 2 is 2.08 bits per heavy atom. The highest BCUT2D eigenvalue weighted by Gasteiger charge is 2.41. The summed E-state index contributed by atoms with van der Waals surface area (Å²) in [5, 5.41) is 9.61. The van der Waals surface area contributed by atoms with Gasteiger partial charge in [-0.05, 0) is 42.2 Å². The number of halogens is 1. The minimum atomic E-state index is -0.394. The van der Waals surface area contributed by atoms with Crippen LogP contribution in [0.15, 0.2) is 17.7 Å². The van der Waals surface area contributed by atoms with Crippen LogP contribution in [0, 0.1) is 11.3 Å². The van der Waals surface area contributed by atoms with Crippen molar-refractivity contribution in [1.29, 1.82) is 5.26 Å². The lowest BCUT2D eigenvalue weighted by molar-refractivity contribution is 0.103. The number of benzene rings is 1. The monoisotopic (exact) mass is 352 g/mol. The molecule has 0 amide bonds. The van der Waals surface area contributed by atoms with Crippen molar-refractivity contribution >= 4 is 23.5 Å². The third kappa shape index (κ3) is 2.09. The van der Waals surface area contributed by atoms with Gasteiger partial charge in [0.25, 0.3) is 0 Å². The molecule has 5 heteroatoms. The second kappa shape index (κ2) is 5.24. The molecule has 126 valence electrons. The van der Waals surface area contributed by atoms with Crippen LogP contribution in [0.3, 0.4) is 0 Å². The lowest BCUT2D eigenvalue weighted by Gasteiger charge is -2.32. The molecule has 1 aromatic heterocycles. The highest BCUT2D eigenvalue weighted by molar-refractivity contribution is 6.33. The van der Waals surface area contributed by atoms with Crippen LogP contribution in [0.5, 0.6) is 5.75 Å². The fourth-order valence-electron chi connectivity index (χ4n) is 3.94. The lowest BCUT2D eigenvalue weighted by Crippen LogP contribution is -2.30. The van der Waals surface area contributed by atoms with Crippen LogP contribution >= 0.6 is 11.6 Å². The largest absolute Gasteiger partial charge is 0.495 e. The zero-order chi connectivity index (χ0) is 17.9. The van der Waals surface area contributed by atoms with Crippen LogP contribution in [0.25, 0.3) is 6.08 Å². The Morgan fingerprint density at radius 3 is 2.76 bits per heavy atom. The van der Waals surface area contributed by atoms with Gasteiger partial charge < -0.3 is 9.72 Å². The average molecular weight is 353 g/mol. The van der Waals surface area contributed by atoms with E-state index in [1.807, 2.05) is 12.1 Å². The SMILES string of the molecule is COc1cc2c(cc1Cl)C(=O)c1c([nH]c3c1CCC(C#N)=C3)C2(C)C. The predicted molar refractivity (Wildman–Crippen MR) is 96.3 cm³/mol. The molecule has 0 bridgehead atoms. The van der Waals surface area contributed by atoms with Crippen LogP contribution in [-0.2, 0) is 11.8 Å². The molecule has 1 N–H and O–H groups in total. The molecule has 0 aliphatic heterocycles. The van der Waals surface area contributed by atoms with E-state index in [1.54, 1.807) is 13.2 Å². The quantitative estimate of drug-likeness (QED) is 0.827. The first-order valence-corrected chi connectivity index (χ1v) is 8.55. The fraction of sp³-hybridized carbons (Fsp3) is 0.300. The first kappa shape index (κ1) is 16.0. The highest BCUT2D eigenvalue weighted by atomic mass is 35.5. The molecule has 0 fully saturated rings. The summed E-state index contributed by atoms with van der Waals surface area (Å²) in [6.07, 6.45) is 3.22. The maximum Gasteiger partial charge on any atom is 0.195 e. The summed E-state index contributed by atoms with van der Waals surface area (Å²) in [5.74, 6) is 0.549. The lowest BCUT2D eigenvalue weighted by atomic mass is 9.70. The second-order valence-corrected chi connectivity index (χ2v) is 7.44. The number of nitrogens with one attached hydrogen (secondary N) is 1. The number of nitriles is 1. The van der Waals surface area contributed by atoms with Crippen molar-refractivity contribution < 1.29 is 9.53 Å². The molecule has 0 atom stereocenters. The van der Waals surface area contributed by atoms with Gasteiger partial charge in [-0.3, -0.25) is 4.79 Å². The van der Waals surface area contributed by atoms with Crippen molar-refractivity contribution in [3.05, 3.63) is 56.4 Å². The molecule has 25 heavy (non-hydrogen) atoms. The maximum atomic E-state index is 13.2. The molecule has 2 aromatic rings. The molecular weight excluding hydrogens is 336 g/mol. The van der Waals surface area contributed by atoms with E-state index in [-0.39, 0.29) is 5.78 Å². The molecule has 2 aliphatic rings. The Labute approximate surface area is 151 Å². The van der Waals surface area contributed by atoms with E-state index in [0.29, 0.717) is 29.2 Å². The van der Waals surface area contributed by atoms with Crippen molar-refractivity contribution in [3.63, 3.8) is 0 Å². The van der Waals surface area contributed by atoms with Gasteiger partial charge in [-0.25, -0.2) is 0 Å². The van der Waals surface area contributed by atoms with E-state index >= 15 is 0 Å². The molecule has 1 heterocycles. The number of rotatable bonds is 1. The molecule has 4 rings (SSSR count). The fourth-order valence-corrected chi connectivity index (χ4v) is 4.18. The number of H-pyrrole nitrogens is 1. The molecule has 4 nitrogen and oxygen atoms in total. The topological polar surface area (TPSA) is 65.9 Å². The van der Waals surface area contributed by atoms with E-state index in [9.17, 15) is 10.1 Å². The van der Waals surface area contributed by atoms with E-state index in [2.05, 4.69) is 24.9 Å². The van der Waals surface area contributed by atoms with Gasteiger partial charge >= 0.3 is 0 Å². The summed E-state index contributed by atoms with van der Waals surface area (Å²) < 4.78 is 5.34. The zero-order valence-corrected chi connectivity index (χ0v) is 15.0. The number of nitrogens with zero attached hydrogens (tertiary/aromatic N) is 1. The number of fused-ring (bicyclic) bond motifs is 4. The number of carbonyl (C=O) groups is 1. The van der Waals surface area contributed by atoms with Crippen molar-refractivity contribution in [2.45, 2.75) is 32.1 Å². The van der Waals surface area contributed by atoms with Crippen LogP contribution < -0.4 is 4.74 Å². The summed E-state index contributed by atoms with van der Waals surface area (Å²) in [4.78, 5) is 16.6. The molecule has 0 saturated heterocycles. The van der Waals surface area contributed by atoms with Gasteiger partial charge in [-0.1, -0.05) is 25.4 Å². The van der Waals surface area contributed by atoms with Crippen LogP contribution in [-0.4, -0.2) is 17.9 Å². The number of carbonyl (C=O) groups excluding carboxylic acids is 1. The minimum absolute atomic E-state index is 0.0137. The number of ether oxygens (including phenoxy) is 1. The van der Waals surface area contributed by atoms with Crippen molar-refractivity contribution in [1.82, 2.24) is 4.98 Å². The Hall–Kier alpha value is -2.51. The van der Waals surface area contributed by atoms with Gasteiger partial charge in [0.05, 0.1) is 18.2 Å². The first-order valence-electron chi connectivity index (χ1n) is 8.17. The van der Waals surface area contributed by atoms with E-state index in [0.717, 1.165) is 33.7 Å². The zero-order valence-electron chi connectivity index (χ0n) is 14.3. The van der Waals surface area contributed by atoms with Gasteiger partial charge in [0.15, 0.2) is 5.78 Å². The van der Waals surface area contributed by atoms with Gasteiger partial charge in [-0.15, -0.1) is 0 Å². The minimum Gasteiger partial charge on any atom is -0.495 e. The standard InChI is InChI=1S/C20H17ClN2O2/c1-20(2)13-8-16(25-3)14(21)7-12(13)18(24)17-11-5-4-10(9-22)6-15(11)23-19(17)20/h6-8,23H,4-5H2,1-3H3.